The molecule has 1 N–H and O–H groups in total. The largest absolute Gasteiger partial charge is 0.352 e. The van der Waals surface area contributed by atoms with E-state index in [4.69, 9.17) is 0 Å². The highest BCUT2D eigenvalue weighted by atomic mass is 16.1. The van der Waals surface area contributed by atoms with E-state index in [1.165, 1.54) is 0 Å². The zero-order valence-corrected chi connectivity index (χ0v) is 13.4. The Morgan fingerprint density at radius 3 is 2.19 bits per heavy atom. The van der Waals surface area contributed by atoms with E-state index < -0.39 is 0 Å². The fraction of sp³-hybridized carbons (Fsp3) is 0.421. The van der Waals surface area contributed by atoms with Gasteiger partial charge in [0.15, 0.2) is 0 Å². The van der Waals surface area contributed by atoms with Crippen LogP contribution in [0, 0.1) is 17.8 Å². The fourth-order valence-electron chi connectivity index (χ4n) is 2.88. The molecule has 21 heavy (non-hydrogen) atoms. The Kier molecular flexibility index (Phi) is 5.00. The number of nitrogens with one attached hydrogen (secondary N) is 1. The molecule has 0 saturated heterocycles. The average molecular weight is 283 g/mol. The van der Waals surface area contributed by atoms with Gasteiger partial charge in [-0.15, -0.1) is 0 Å². The van der Waals surface area contributed by atoms with Gasteiger partial charge in [0.25, 0.3) is 5.91 Å². The van der Waals surface area contributed by atoms with Crippen molar-refractivity contribution >= 4 is 16.7 Å². The molecule has 0 spiro atoms. The van der Waals surface area contributed by atoms with Gasteiger partial charge in [-0.05, 0) is 40.7 Å². The SMILES string of the molecule is CC(C)C(CNC(=O)c1ccc2ccccc2c1)C(C)C. The molecular formula is C19H25NO. The van der Waals surface area contributed by atoms with Crippen molar-refractivity contribution in [1.29, 1.82) is 0 Å². The highest BCUT2D eigenvalue weighted by Crippen LogP contribution is 2.20. The van der Waals surface area contributed by atoms with Crippen molar-refractivity contribution in [3.63, 3.8) is 0 Å². The minimum Gasteiger partial charge on any atom is -0.352 e. The quantitative estimate of drug-likeness (QED) is 0.860. The summed E-state index contributed by atoms with van der Waals surface area (Å²) in [5, 5.41) is 5.36. The summed E-state index contributed by atoms with van der Waals surface area (Å²) in [6.45, 7) is 9.60. The first-order valence-corrected chi connectivity index (χ1v) is 7.76. The van der Waals surface area contributed by atoms with Crippen molar-refractivity contribution in [2.45, 2.75) is 27.7 Å². The lowest BCUT2D eigenvalue weighted by Crippen LogP contribution is -2.33. The number of hydrogen-bond donors (Lipinski definition) is 1. The molecule has 0 fully saturated rings. The molecule has 0 bridgehead atoms. The fourth-order valence-corrected chi connectivity index (χ4v) is 2.88. The molecule has 0 aliphatic rings. The van der Waals surface area contributed by atoms with Gasteiger partial charge in [-0.2, -0.15) is 0 Å². The lowest BCUT2D eigenvalue weighted by atomic mass is 9.85. The van der Waals surface area contributed by atoms with E-state index in [2.05, 4.69) is 39.1 Å². The van der Waals surface area contributed by atoms with E-state index in [-0.39, 0.29) is 5.91 Å². The molecule has 0 aromatic heterocycles. The van der Waals surface area contributed by atoms with Gasteiger partial charge < -0.3 is 5.32 Å². The second-order valence-electron chi connectivity index (χ2n) is 6.42. The van der Waals surface area contributed by atoms with Crippen molar-refractivity contribution < 1.29 is 4.79 Å². The van der Waals surface area contributed by atoms with E-state index in [0.29, 0.717) is 17.8 Å². The van der Waals surface area contributed by atoms with Crippen molar-refractivity contribution in [2.24, 2.45) is 17.8 Å². The van der Waals surface area contributed by atoms with Crippen LogP contribution in [0.25, 0.3) is 10.8 Å². The Morgan fingerprint density at radius 1 is 0.952 bits per heavy atom. The predicted octanol–water partition coefficient (Wildman–Crippen LogP) is 4.50. The summed E-state index contributed by atoms with van der Waals surface area (Å²) in [5.41, 5.74) is 0.736. The number of carbonyl (C=O) groups excluding carboxylic acids is 1. The van der Waals surface area contributed by atoms with Gasteiger partial charge in [0, 0.05) is 12.1 Å². The van der Waals surface area contributed by atoms with Crippen LogP contribution in [0.3, 0.4) is 0 Å². The molecule has 2 aromatic carbocycles. The molecule has 112 valence electrons. The minimum atomic E-state index is 0.0204. The molecule has 0 radical (unpaired) electrons. The second-order valence-corrected chi connectivity index (χ2v) is 6.42. The van der Waals surface area contributed by atoms with Crippen LogP contribution < -0.4 is 5.32 Å². The number of carbonyl (C=O) groups is 1. The zero-order chi connectivity index (χ0) is 15.4. The third-order valence-electron chi connectivity index (χ3n) is 4.22. The maximum Gasteiger partial charge on any atom is 0.251 e. The number of amides is 1. The lowest BCUT2D eigenvalue weighted by Gasteiger charge is -2.25. The van der Waals surface area contributed by atoms with E-state index in [1.54, 1.807) is 0 Å². The van der Waals surface area contributed by atoms with Crippen LogP contribution in [0.4, 0.5) is 0 Å². The molecule has 2 aromatic rings. The summed E-state index contributed by atoms with van der Waals surface area (Å²) in [5.74, 6) is 1.67. The van der Waals surface area contributed by atoms with Gasteiger partial charge >= 0.3 is 0 Å². The first kappa shape index (κ1) is 15.6. The van der Waals surface area contributed by atoms with E-state index in [9.17, 15) is 4.79 Å². The summed E-state index contributed by atoms with van der Waals surface area (Å²) >= 11 is 0. The Labute approximate surface area is 127 Å². The van der Waals surface area contributed by atoms with Gasteiger partial charge in [0.1, 0.15) is 0 Å². The highest BCUT2D eigenvalue weighted by Gasteiger charge is 2.18. The number of benzene rings is 2. The lowest BCUT2D eigenvalue weighted by molar-refractivity contribution is 0.0937. The number of rotatable bonds is 5. The minimum absolute atomic E-state index is 0.0204. The third kappa shape index (κ3) is 3.84. The normalized spacial score (nSPS) is 11.6. The molecule has 0 atom stereocenters. The van der Waals surface area contributed by atoms with Crippen molar-refractivity contribution in [3.8, 4) is 0 Å². The first-order valence-electron chi connectivity index (χ1n) is 7.76. The van der Waals surface area contributed by atoms with Gasteiger partial charge in [0.05, 0.1) is 0 Å². The smallest absolute Gasteiger partial charge is 0.251 e. The van der Waals surface area contributed by atoms with Crippen LogP contribution >= 0.6 is 0 Å². The van der Waals surface area contributed by atoms with Gasteiger partial charge in [-0.3, -0.25) is 4.79 Å². The van der Waals surface area contributed by atoms with Crippen LogP contribution in [0.1, 0.15) is 38.1 Å². The number of hydrogen-bond acceptors (Lipinski definition) is 1. The molecule has 0 heterocycles. The molecule has 0 saturated carbocycles. The molecule has 0 unspecified atom stereocenters. The van der Waals surface area contributed by atoms with Crippen LogP contribution in [0.5, 0.6) is 0 Å². The maximum absolute atomic E-state index is 12.3. The Balaban J connectivity index is 2.08. The average Bonchev–Trinajstić information content (AvgIpc) is 2.46. The van der Waals surface area contributed by atoms with Crippen LogP contribution in [-0.2, 0) is 0 Å². The summed E-state index contributed by atoms with van der Waals surface area (Å²) in [6.07, 6.45) is 0. The maximum atomic E-state index is 12.3. The molecule has 2 nitrogen and oxygen atoms in total. The van der Waals surface area contributed by atoms with Gasteiger partial charge in [0.2, 0.25) is 0 Å². The Bertz CT molecular complexity index is 608. The second kappa shape index (κ2) is 6.75. The van der Waals surface area contributed by atoms with Crippen molar-refractivity contribution in [1.82, 2.24) is 5.32 Å². The monoisotopic (exact) mass is 283 g/mol. The van der Waals surface area contributed by atoms with E-state index >= 15 is 0 Å². The summed E-state index contributed by atoms with van der Waals surface area (Å²) < 4.78 is 0. The summed E-state index contributed by atoms with van der Waals surface area (Å²) in [6, 6.07) is 14.0. The predicted molar refractivity (Wildman–Crippen MR) is 89.4 cm³/mol. The van der Waals surface area contributed by atoms with Crippen LogP contribution in [0.2, 0.25) is 0 Å². The van der Waals surface area contributed by atoms with Crippen molar-refractivity contribution in [3.05, 3.63) is 48.0 Å². The van der Waals surface area contributed by atoms with E-state index in [0.717, 1.165) is 22.9 Å². The molecule has 2 rings (SSSR count). The zero-order valence-electron chi connectivity index (χ0n) is 13.4. The Morgan fingerprint density at radius 2 is 1.57 bits per heavy atom. The van der Waals surface area contributed by atoms with Crippen LogP contribution in [-0.4, -0.2) is 12.5 Å². The number of fused-ring (bicyclic) bond motifs is 1. The molecule has 0 aliphatic heterocycles. The highest BCUT2D eigenvalue weighted by molar-refractivity contribution is 5.98. The summed E-state index contributed by atoms with van der Waals surface area (Å²) in [4.78, 5) is 12.3. The topological polar surface area (TPSA) is 29.1 Å². The van der Waals surface area contributed by atoms with Gasteiger partial charge in [-0.25, -0.2) is 0 Å². The van der Waals surface area contributed by atoms with Crippen molar-refractivity contribution in [2.75, 3.05) is 6.54 Å². The van der Waals surface area contributed by atoms with Gasteiger partial charge in [-0.1, -0.05) is 58.0 Å². The third-order valence-corrected chi connectivity index (χ3v) is 4.22. The molecular weight excluding hydrogens is 258 g/mol. The standard InChI is InChI=1S/C19H25NO/c1-13(2)18(14(3)4)12-20-19(21)17-10-9-15-7-5-6-8-16(15)11-17/h5-11,13-14,18H,12H2,1-4H3,(H,20,21). The molecule has 2 heteroatoms. The molecule has 1 amide bonds. The summed E-state index contributed by atoms with van der Waals surface area (Å²) in [7, 11) is 0. The molecule has 0 aliphatic carbocycles. The first-order chi connectivity index (χ1) is 9.99. The Hall–Kier alpha value is -1.83. The van der Waals surface area contributed by atoms with Crippen LogP contribution in [0.15, 0.2) is 42.5 Å². The van der Waals surface area contributed by atoms with E-state index in [1.807, 2.05) is 36.4 Å².